The maximum absolute atomic E-state index is 12.2. The second-order valence-electron chi connectivity index (χ2n) is 5.98. The van der Waals surface area contributed by atoms with Crippen molar-refractivity contribution >= 4 is 17.8 Å². The summed E-state index contributed by atoms with van der Waals surface area (Å²) in [6, 6.07) is -1.72. The second-order valence-corrected chi connectivity index (χ2v) is 5.98. The Bertz CT molecular complexity index is 369. The molecule has 21 heavy (non-hydrogen) atoms. The zero-order valence-corrected chi connectivity index (χ0v) is 13.2. The lowest BCUT2D eigenvalue weighted by Gasteiger charge is -2.23. The summed E-state index contributed by atoms with van der Waals surface area (Å²) >= 11 is 0. The molecule has 0 bridgehead atoms. The number of aliphatic carboxylic acids is 1. The van der Waals surface area contributed by atoms with Crippen LogP contribution in [0, 0.1) is 11.8 Å². The number of amides is 2. The van der Waals surface area contributed by atoms with Gasteiger partial charge in [0.25, 0.3) is 0 Å². The predicted octanol–water partition coefficient (Wildman–Crippen LogP) is 0.0915. The third kappa shape index (κ3) is 8.29. The average Bonchev–Trinajstić information content (AvgIpc) is 2.35. The van der Waals surface area contributed by atoms with Gasteiger partial charge in [-0.3, -0.25) is 9.59 Å². The third-order valence-electron chi connectivity index (χ3n) is 2.87. The first kappa shape index (κ1) is 19.4. The average molecular weight is 301 g/mol. The molecule has 7 heteroatoms. The van der Waals surface area contributed by atoms with Gasteiger partial charge in [-0.05, 0) is 24.7 Å². The Morgan fingerprint density at radius 3 is 1.81 bits per heavy atom. The van der Waals surface area contributed by atoms with Crippen LogP contribution in [0.3, 0.4) is 0 Å². The molecule has 0 radical (unpaired) electrons. The third-order valence-corrected chi connectivity index (χ3v) is 2.87. The summed E-state index contributed by atoms with van der Waals surface area (Å²) in [4.78, 5) is 34.7. The molecule has 0 spiro atoms. The van der Waals surface area contributed by atoms with Crippen LogP contribution in [0.15, 0.2) is 0 Å². The molecule has 2 atom stereocenters. The van der Waals surface area contributed by atoms with Gasteiger partial charge in [0.15, 0.2) is 0 Å². The minimum absolute atomic E-state index is 0.133. The molecule has 122 valence electrons. The molecule has 0 saturated heterocycles. The van der Waals surface area contributed by atoms with Crippen molar-refractivity contribution in [3.05, 3.63) is 0 Å². The van der Waals surface area contributed by atoms with E-state index in [2.05, 4.69) is 10.6 Å². The monoisotopic (exact) mass is 301 g/mol. The van der Waals surface area contributed by atoms with E-state index in [1.165, 1.54) is 0 Å². The van der Waals surface area contributed by atoms with E-state index in [-0.39, 0.29) is 18.4 Å². The zero-order valence-electron chi connectivity index (χ0n) is 13.2. The summed E-state index contributed by atoms with van der Waals surface area (Å²) in [7, 11) is 0. The largest absolute Gasteiger partial charge is 0.480 e. The molecular formula is C14H27N3O4. The van der Waals surface area contributed by atoms with Gasteiger partial charge in [0.2, 0.25) is 11.8 Å². The number of rotatable bonds is 9. The van der Waals surface area contributed by atoms with Gasteiger partial charge >= 0.3 is 5.97 Å². The maximum Gasteiger partial charge on any atom is 0.326 e. The molecule has 0 aliphatic rings. The Balaban J connectivity index is 4.83. The fourth-order valence-corrected chi connectivity index (χ4v) is 1.92. The van der Waals surface area contributed by atoms with Gasteiger partial charge in [0.05, 0.1) is 6.54 Å². The summed E-state index contributed by atoms with van der Waals surface area (Å²) in [5.41, 5.74) is 5.23. The highest BCUT2D eigenvalue weighted by atomic mass is 16.4. The highest BCUT2D eigenvalue weighted by molar-refractivity contribution is 5.90. The maximum atomic E-state index is 12.2. The van der Waals surface area contributed by atoms with E-state index in [9.17, 15) is 14.4 Å². The minimum Gasteiger partial charge on any atom is -0.480 e. The van der Waals surface area contributed by atoms with Crippen LogP contribution in [-0.4, -0.2) is 41.5 Å². The first-order valence-electron chi connectivity index (χ1n) is 7.19. The van der Waals surface area contributed by atoms with Gasteiger partial charge in [-0.2, -0.15) is 0 Å². The molecular weight excluding hydrogens is 274 g/mol. The summed E-state index contributed by atoms with van der Waals surface area (Å²) in [6.07, 6.45) is 0.756. The summed E-state index contributed by atoms with van der Waals surface area (Å²) < 4.78 is 0. The normalized spacial score (nSPS) is 13.9. The predicted molar refractivity (Wildman–Crippen MR) is 79.5 cm³/mol. The first-order chi connectivity index (χ1) is 9.67. The molecule has 0 saturated carbocycles. The van der Waals surface area contributed by atoms with Gasteiger partial charge in [0, 0.05) is 0 Å². The lowest BCUT2D eigenvalue weighted by atomic mass is 10.0. The van der Waals surface area contributed by atoms with E-state index < -0.39 is 29.9 Å². The van der Waals surface area contributed by atoms with Gasteiger partial charge in [-0.25, -0.2) is 4.79 Å². The molecule has 0 aliphatic carbocycles. The van der Waals surface area contributed by atoms with Crippen LogP contribution in [0.5, 0.6) is 0 Å². The summed E-state index contributed by atoms with van der Waals surface area (Å²) in [5, 5.41) is 14.2. The molecule has 0 heterocycles. The van der Waals surface area contributed by atoms with Crippen LogP contribution in [0.2, 0.25) is 0 Å². The second kappa shape index (κ2) is 9.33. The molecule has 0 aromatic carbocycles. The number of nitrogens with one attached hydrogen (secondary N) is 2. The number of carboxylic acid groups (broad SMARTS) is 1. The van der Waals surface area contributed by atoms with Crippen LogP contribution in [0.4, 0.5) is 0 Å². The van der Waals surface area contributed by atoms with Gasteiger partial charge in [-0.15, -0.1) is 0 Å². The number of carboxylic acids is 1. The molecule has 0 fully saturated rings. The Labute approximate surface area is 125 Å². The lowest BCUT2D eigenvalue weighted by Crippen LogP contribution is -2.53. The van der Waals surface area contributed by atoms with Crippen LogP contribution in [0.25, 0.3) is 0 Å². The number of carbonyl (C=O) groups is 3. The number of hydrogen-bond acceptors (Lipinski definition) is 4. The van der Waals surface area contributed by atoms with Crippen molar-refractivity contribution in [2.45, 2.75) is 52.6 Å². The Hall–Kier alpha value is -1.63. The van der Waals surface area contributed by atoms with Crippen molar-refractivity contribution in [1.82, 2.24) is 10.6 Å². The zero-order chi connectivity index (χ0) is 16.6. The van der Waals surface area contributed by atoms with Gasteiger partial charge in [0.1, 0.15) is 12.1 Å². The van der Waals surface area contributed by atoms with Crippen LogP contribution in [-0.2, 0) is 14.4 Å². The van der Waals surface area contributed by atoms with Gasteiger partial charge < -0.3 is 21.5 Å². The molecule has 0 unspecified atom stereocenters. The van der Waals surface area contributed by atoms with Crippen molar-refractivity contribution in [1.29, 1.82) is 0 Å². The van der Waals surface area contributed by atoms with E-state index in [1.807, 2.05) is 27.7 Å². The SMILES string of the molecule is CC(C)C[C@H](NC(=O)[C@@H](CC(C)C)NC(=O)CN)C(=O)O. The smallest absolute Gasteiger partial charge is 0.326 e. The molecule has 0 aromatic heterocycles. The Morgan fingerprint density at radius 1 is 0.952 bits per heavy atom. The van der Waals surface area contributed by atoms with E-state index in [0.29, 0.717) is 12.8 Å². The number of carbonyl (C=O) groups excluding carboxylic acids is 2. The van der Waals surface area contributed by atoms with Crippen molar-refractivity contribution < 1.29 is 19.5 Å². The summed E-state index contributed by atoms with van der Waals surface area (Å²) in [6.45, 7) is 7.37. The molecule has 0 aromatic rings. The molecule has 0 rings (SSSR count). The Morgan fingerprint density at radius 2 is 1.43 bits per heavy atom. The molecule has 2 amide bonds. The van der Waals surface area contributed by atoms with Gasteiger partial charge in [-0.1, -0.05) is 27.7 Å². The van der Waals surface area contributed by atoms with Crippen LogP contribution in [0.1, 0.15) is 40.5 Å². The van der Waals surface area contributed by atoms with Crippen molar-refractivity contribution in [3.8, 4) is 0 Å². The van der Waals surface area contributed by atoms with E-state index in [4.69, 9.17) is 10.8 Å². The van der Waals surface area contributed by atoms with Crippen LogP contribution < -0.4 is 16.4 Å². The number of hydrogen-bond donors (Lipinski definition) is 4. The standard InChI is InChI=1S/C14H27N3O4/c1-8(2)5-10(16-12(18)7-15)13(19)17-11(14(20)21)6-9(3)4/h8-11H,5-7,15H2,1-4H3,(H,16,18)(H,17,19)(H,20,21)/t10-,11+/m1/s1. The Kier molecular flexibility index (Phi) is 8.61. The first-order valence-corrected chi connectivity index (χ1v) is 7.19. The number of nitrogens with two attached hydrogens (primary N) is 1. The van der Waals surface area contributed by atoms with E-state index >= 15 is 0 Å². The van der Waals surface area contributed by atoms with Crippen molar-refractivity contribution in [2.75, 3.05) is 6.54 Å². The molecule has 7 nitrogen and oxygen atoms in total. The molecule has 0 aliphatic heterocycles. The minimum atomic E-state index is -1.08. The molecule has 5 N–H and O–H groups in total. The highest BCUT2D eigenvalue weighted by Gasteiger charge is 2.27. The van der Waals surface area contributed by atoms with Crippen molar-refractivity contribution in [2.24, 2.45) is 17.6 Å². The topological polar surface area (TPSA) is 122 Å². The van der Waals surface area contributed by atoms with Crippen molar-refractivity contribution in [3.63, 3.8) is 0 Å². The quantitative estimate of drug-likeness (QED) is 0.481. The summed E-state index contributed by atoms with van der Waals surface area (Å²) in [5.74, 6) is -1.70. The lowest BCUT2D eigenvalue weighted by molar-refractivity contribution is -0.142. The fourth-order valence-electron chi connectivity index (χ4n) is 1.92. The fraction of sp³-hybridized carbons (Fsp3) is 0.786. The van der Waals surface area contributed by atoms with Crippen LogP contribution >= 0.6 is 0 Å². The van der Waals surface area contributed by atoms with E-state index in [1.54, 1.807) is 0 Å². The highest BCUT2D eigenvalue weighted by Crippen LogP contribution is 2.08. The van der Waals surface area contributed by atoms with E-state index in [0.717, 1.165) is 0 Å².